The molecule has 0 saturated carbocycles. The molecule has 0 aromatic carbocycles. The van der Waals surface area contributed by atoms with Crippen LogP contribution in [0, 0.1) is 0 Å². The fourth-order valence-electron chi connectivity index (χ4n) is 2.63. The summed E-state index contributed by atoms with van der Waals surface area (Å²) in [6.45, 7) is 0.599. The number of nitrogens with zero attached hydrogens (tertiary/aromatic N) is 1. The van der Waals surface area contributed by atoms with Crippen LogP contribution in [0.15, 0.2) is 0 Å². The first-order valence-corrected chi connectivity index (χ1v) is 4.74. The molecule has 0 unspecified atom stereocenters. The molecule has 5 heteroatoms. The number of methoxy groups -OCH3 is 1. The highest BCUT2D eigenvalue weighted by Gasteiger charge is 2.57. The van der Waals surface area contributed by atoms with Crippen molar-refractivity contribution in [1.29, 1.82) is 0 Å². The zero-order valence-electron chi connectivity index (χ0n) is 8.07. The van der Waals surface area contributed by atoms with Crippen LogP contribution >= 0.6 is 0 Å². The number of rotatable bonds is 1. The van der Waals surface area contributed by atoms with Gasteiger partial charge in [-0.15, -0.1) is 0 Å². The number of aliphatic hydroxyl groups excluding tert-OH is 1. The lowest BCUT2D eigenvalue weighted by Crippen LogP contribution is -2.46. The molecule has 2 aliphatic heterocycles. The fourth-order valence-corrected chi connectivity index (χ4v) is 2.63. The summed E-state index contributed by atoms with van der Waals surface area (Å²) < 4.78 is 17.9. The smallest absolute Gasteiger partial charge is 0.326 e. The van der Waals surface area contributed by atoms with Gasteiger partial charge in [0.05, 0.1) is 13.2 Å². The van der Waals surface area contributed by atoms with Gasteiger partial charge in [0.15, 0.2) is 0 Å². The van der Waals surface area contributed by atoms with Crippen molar-refractivity contribution in [1.82, 2.24) is 4.90 Å². The van der Waals surface area contributed by atoms with Crippen molar-refractivity contribution in [3.05, 3.63) is 0 Å². The van der Waals surface area contributed by atoms with Crippen LogP contribution in [0.5, 0.6) is 0 Å². The number of alkyl halides is 1. The topological polar surface area (TPSA) is 49.8 Å². The molecular formula is C9H14FNO3. The predicted octanol–water partition coefficient (Wildman–Crippen LogP) is -0.293. The normalized spacial score (nSPS) is 42.5. The van der Waals surface area contributed by atoms with Gasteiger partial charge >= 0.3 is 5.97 Å². The average molecular weight is 203 g/mol. The van der Waals surface area contributed by atoms with Gasteiger partial charge in [0.2, 0.25) is 0 Å². The first-order valence-electron chi connectivity index (χ1n) is 4.74. The molecule has 1 N–H and O–H groups in total. The van der Waals surface area contributed by atoms with Crippen molar-refractivity contribution in [3.63, 3.8) is 0 Å². The van der Waals surface area contributed by atoms with E-state index in [9.17, 15) is 14.3 Å². The highest BCUT2D eigenvalue weighted by Crippen LogP contribution is 2.40. The highest BCUT2D eigenvalue weighted by molar-refractivity contribution is 5.82. The summed E-state index contributed by atoms with van der Waals surface area (Å²) in [7, 11) is 1.30. The lowest BCUT2D eigenvalue weighted by Gasteiger charge is -2.27. The molecular weight excluding hydrogens is 189 g/mol. The lowest BCUT2D eigenvalue weighted by molar-refractivity contribution is -0.152. The summed E-state index contributed by atoms with van der Waals surface area (Å²) in [6, 6.07) is 0. The summed E-state index contributed by atoms with van der Waals surface area (Å²) in [6.07, 6.45) is -1.08. The van der Waals surface area contributed by atoms with Crippen LogP contribution in [0.4, 0.5) is 4.39 Å². The van der Waals surface area contributed by atoms with Crippen LogP contribution in [-0.2, 0) is 9.53 Å². The number of halogens is 1. The first kappa shape index (κ1) is 9.86. The highest BCUT2D eigenvalue weighted by atomic mass is 19.1. The second kappa shape index (κ2) is 3.17. The zero-order chi connectivity index (χ0) is 10.3. The van der Waals surface area contributed by atoms with Gasteiger partial charge in [-0.05, 0) is 0 Å². The van der Waals surface area contributed by atoms with E-state index in [0.29, 0.717) is 13.0 Å². The van der Waals surface area contributed by atoms with Crippen LogP contribution in [0.3, 0.4) is 0 Å². The quantitative estimate of drug-likeness (QED) is 0.595. The van der Waals surface area contributed by atoms with E-state index >= 15 is 0 Å². The molecule has 3 atom stereocenters. The average Bonchev–Trinajstić information content (AvgIpc) is 2.55. The Kier molecular flexibility index (Phi) is 2.23. The van der Waals surface area contributed by atoms with Crippen LogP contribution in [0.2, 0.25) is 0 Å². The molecule has 4 nitrogen and oxygen atoms in total. The number of carbonyl (C=O) groups is 1. The lowest BCUT2D eigenvalue weighted by atomic mass is 9.93. The molecule has 0 spiro atoms. The van der Waals surface area contributed by atoms with E-state index in [1.165, 1.54) is 7.11 Å². The number of ether oxygens (including phenoxy) is 1. The van der Waals surface area contributed by atoms with Crippen LogP contribution in [0.1, 0.15) is 12.8 Å². The number of hydrogen-bond donors (Lipinski definition) is 1. The molecule has 0 aromatic rings. The minimum absolute atomic E-state index is 0.150. The number of fused-ring (bicyclic) bond motifs is 1. The summed E-state index contributed by atoms with van der Waals surface area (Å²) in [4.78, 5) is 13.3. The Balaban J connectivity index is 2.24. The SMILES string of the molecule is COC(=O)[C@@]12C[C@@H](O)CN1C[C@H](F)C2. The number of β-amino-alcohol motifs (C(OH)–C–C–N with tert-alkyl or cyclic N) is 1. The Morgan fingerprint density at radius 1 is 1.57 bits per heavy atom. The maximum atomic E-state index is 13.2. The predicted molar refractivity (Wildman–Crippen MR) is 46.5 cm³/mol. The van der Waals surface area contributed by atoms with Gasteiger partial charge in [-0.25, -0.2) is 4.39 Å². The number of esters is 1. The minimum atomic E-state index is -0.985. The molecule has 0 bridgehead atoms. The summed E-state index contributed by atoms with van der Waals surface area (Å²) >= 11 is 0. The monoisotopic (exact) mass is 203 g/mol. The molecule has 2 rings (SSSR count). The molecule has 2 fully saturated rings. The van der Waals surface area contributed by atoms with E-state index in [4.69, 9.17) is 0 Å². The van der Waals surface area contributed by atoms with Crippen molar-refractivity contribution < 1.29 is 19.0 Å². The largest absolute Gasteiger partial charge is 0.468 e. The van der Waals surface area contributed by atoms with Gasteiger partial charge in [-0.2, -0.15) is 0 Å². The molecule has 0 aliphatic carbocycles. The van der Waals surface area contributed by atoms with Crippen molar-refractivity contribution >= 4 is 5.97 Å². The van der Waals surface area contributed by atoms with E-state index in [2.05, 4.69) is 4.74 Å². The third-order valence-electron chi connectivity index (χ3n) is 3.15. The fraction of sp³-hybridized carbons (Fsp3) is 0.889. The van der Waals surface area contributed by atoms with Gasteiger partial charge < -0.3 is 9.84 Å². The molecule has 0 aromatic heterocycles. The Hall–Kier alpha value is -0.680. The van der Waals surface area contributed by atoms with Gasteiger partial charge in [-0.1, -0.05) is 0 Å². The van der Waals surface area contributed by atoms with Gasteiger partial charge in [-0.3, -0.25) is 9.69 Å². The van der Waals surface area contributed by atoms with E-state index in [-0.39, 0.29) is 13.0 Å². The molecule has 2 aliphatic rings. The van der Waals surface area contributed by atoms with Crippen LogP contribution in [0.25, 0.3) is 0 Å². The van der Waals surface area contributed by atoms with Crippen molar-refractivity contribution in [2.24, 2.45) is 0 Å². The second-order valence-corrected chi connectivity index (χ2v) is 4.09. The standard InChI is InChI=1S/C9H14FNO3/c1-14-8(13)9-2-6(10)4-11(9)5-7(12)3-9/h6-7,12H,2-5H2,1H3/t6-,7-,9-/m1/s1. The Morgan fingerprint density at radius 3 is 2.93 bits per heavy atom. The van der Waals surface area contributed by atoms with Gasteiger partial charge in [0, 0.05) is 25.9 Å². The molecule has 0 amide bonds. The Labute approximate surface area is 81.6 Å². The number of carbonyl (C=O) groups excluding carboxylic acids is 1. The Morgan fingerprint density at radius 2 is 2.29 bits per heavy atom. The van der Waals surface area contributed by atoms with E-state index in [1.807, 2.05) is 0 Å². The van der Waals surface area contributed by atoms with Crippen molar-refractivity contribution in [2.75, 3.05) is 20.2 Å². The first-order chi connectivity index (χ1) is 6.58. The third kappa shape index (κ3) is 1.23. The summed E-state index contributed by atoms with van der Waals surface area (Å²) in [5.74, 6) is -0.422. The van der Waals surface area contributed by atoms with Gasteiger partial charge in [0.25, 0.3) is 0 Å². The number of aliphatic hydroxyl groups is 1. The molecule has 2 saturated heterocycles. The van der Waals surface area contributed by atoms with Crippen LogP contribution < -0.4 is 0 Å². The summed E-state index contributed by atoms with van der Waals surface area (Å²) in [5, 5.41) is 9.46. The molecule has 80 valence electrons. The number of hydrogen-bond acceptors (Lipinski definition) is 4. The summed E-state index contributed by atoms with van der Waals surface area (Å²) in [5.41, 5.74) is -0.895. The Bertz CT molecular complexity index is 244. The van der Waals surface area contributed by atoms with Gasteiger partial charge in [0.1, 0.15) is 11.7 Å². The maximum absolute atomic E-state index is 13.2. The third-order valence-corrected chi connectivity index (χ3v) is 3.15. The van der Waals surface area contributed by atoms with Crippen LogP contribution in [-0.4, -0.2) is 54.0 Å². The second-order valence-electron chi connectivity index (χ2n) is 4.09. The van der Waals surface area contributed by atoms with E-state index < -0.39 is 23.8 Å². The van der Waals surface area contributed by atoms with E-state index in [0.717, 1.165) is 0 Å². The molecule has 2 heterocycles. The zero-order valence-corrected chi connectivity index (χ0v) is 8.07. The van der Waals surface area contributed by atoms with Crippen molar-refractivity contribution in [2.45, 2.75) is 30.7 Å². The minimum Gasteiger partial charge on any atom is -0.468 e. The van der Waals surface area contributed by atoms with E-state index in [1.54, 1.807) is 4.90 Å². The maximum Gasteiger partial charge on any atom is 0.326 e. The molecule has 0 radical (unpaired) electrons. The van der Waals surface area contributed by atoms with Crippen molar-refractivity contribution in [3.8, 4) is 0 Å². The molecule has 14 heavy (non-hydrogen) atoms.